The zero-order chi connectivity index (χ0) is 16.4. The SMILES string of the molecule is Brc1ccc2nc(CSc3nnc(NC4CCCCC4)s3)cn2c1. The van der Waals surface area contributed by atoms with Crippen molar-refractivity contribution in [3.8, 4) is 0 Å². The first-order valence-corrected chi connectivity index (χ1v) is 10.7. The molecule has 4 rings (SSSR count). The lowest BCUT2D eigenvalue weighted by Crippen LogP contribution is -2.21. The second-order valence-corrected chi connectivity index (χ2v) is 9.10. The van der Waals surface area contributed by atoms with Gasteiger partial charge in [0.05, 0.1) is 5.69 Å². The maximum atomic E-state index is 4.63. The van der Waals surface area contributed by atoms with Gasteiger partial charge in [0.2, 0.25) is 5.13 Å². The molecule has 0 radical (unpaired) electrons. The Hall–Kier alpha value is -1.12. The van der Waals surface area contributed by atoms with Crippen molar-refractivity contribution in [2.45, 2.75) is 48.2 Å². The Morgan fingerprint density at radius 3 is 2.96 bits per heavy atom. The molecule has 126 valence electrons. The fourth-order valence-corrected chi connectivity index (χ4v) is 5.04. The molecule has 0 amide bonds. The van der Waals surface area contributed by atoms with E-state index in [0.717, 1.165) is 31.0 Å². The highest BCUT2D eigenvalue weighted by Crippen LogP contribution is 2.30. The molecular weight excluding hydrogens is 406 g/mol. The number of nitrogens with zero attached hydrogens (tertiary/aromatic N) is 4. The number of hydrogen-bond acceptors (Lipinski definition) is 6. The van der Waals surface area contributed by atoms with Gasteiger partial charge in [0.15, 0.2) is 4.34 Å². The summed E-state index contributed by atoms with van der Waals surface area (Å²) in [5.41, 5.74) is 2.01. The Morgan fingerprint density at radius 2 is 2.08 bits per heavy atom. The van der Waals surface area contributed by atoms with Gasteiger partial charge in [0.25, 0.3) is 0 Å². The summed E-state index contributed by atoms with van der Waals surface area (Å²) in [6.45, 7) is 0. The number of rotatable bonds is 5. The average Bonchev–Trinajstić information content (AvgIpc) is 3.20. The maximum absolute atomic E-state index is 4.63. The predicted molar refractivity (Wildman–Crippen MR) is 103 cm³/mol. The zero-order valence-corrected chi connectivity index (χ0v) is 16.3. The Labute approximate surface area is 157 Å². The normalized spacial score (nSPS) is 15.9. The monoisotopic (exact) mass is 423 g/mol. The number of thioether (sulfide) groups is 1. The van der Waals surface area contributed by atoms with E-state index in [-0.39, 0.29) is 0 Å². The van der Waals surface area contributed by atoms with Crippen LogP contribution in [0.15, 0.2) is 33.3 Å². The summed E-state index contributed by atoms with van der Waals surface area (Å²) in [6, 6.07) is 4.59. The minimum absolute atomic E-state index is 0.571. The highest BCUT2D eigenvalue weighted by Gasteiger charge is 2.15. The van der Waals surface area contributed by atoms with Crippen LogP contribution < -0.4 is 5.32 Å². The first kappa shape index (κ1) is 16.4. The molecule has 1 aliphatic rings. The lowest BCUT2D eigenvalue weighted by Gasteiger charge is -2.21. The number of imidazole rings is 1. The molecule has 24 heavy (non-hydrogen) atoms. The molecule has 0 saturated heterocycles. The molecule has 0 bridgehead atoms. The van der Waals surface area contributed by atoms with Crippen molar-refractivity contribution in [2.75, 3.05) is 5.32 Å². The largest absolute Gasteiger partial charge is 0.357 e. The van der Waals surface area contributed by atoms with Crippen molar-refractivity contribution in [2.24, 2.45) is 0 Å². The van der Waals surface area contributed by atoms with Crippen LogP contribution in [0.25, 0.3) is 5.65 Å². The number of anilines is 1. The minimum Gasteiger partial charge on any atom is -0.357 e. The molecule has 1 fully saturated rings. The molecule has 3 heterocycles. The van der Waals surface area contributed by atoms with Crippen molar-refractivity contribution >= 4 is 49.8 Å². The topological polar surface area (TPSA) is 55.1 Å². The van der Waals surface area contributed by atoms with Crippen molar-refractivity contribution < 1.29 is 0 Å². The van der Waals surface area contributed by atoms with Crippen LogP contribution in [0.5, 0.6) is 0 Å². The van der Waals surface area contributed by atoms with Gasteiger partial charge in [0, 0.05) is 28.7 Å². The van der Waals surface area contributed by atoms with Crippen LogP contribution >= 0.6 is 39.0 Å². The molecule has 0 aromatic carbocycles. The Morgan fingerprint density at radius 1 is 1.21 bits per heavy atom. The Kier molecular flexibility index (Phi) is 5.05. The van der Waals surface area contributed by atoms with E-state index < -0.39 is 0 Å². The van der Waals surface area contributed by atoms with Crippen LogP contribution in [-0.4, -0.2) is 25.6 Å². The number of fused-ring (bicyclic) bond motifs is 1. The molecule has 0 unspecified atom stereocenters. The van der Waals surface area contributed by atoms with Gasteiger partial charge in [-0.25, -0.2) is 4.98 Å². The van der Waals surface area contributed by atoms with Gasteiger partial charge in [-0.05, 0) is 40.9 Å². The van der Waals surface area contributed by atoms with E-state index in [0.29, 0.717) is 6.04 Å². The molecule has 3 aromatic heterocycles. The number of aromatic nitrogens is 4. The predicted octanol–water partition coefficient (Wildman–Crippen LogP) is 4.99. The molecule has 0 spiro atoms. The van der Waals surface area contributed by atoms with Crippen LogP contribution in [0.1, 0.15) is 37.8 Å². The highest BCUT2D eigenvalue weighted by molar-refractivity contribution is 9.10. The van der Waals surface area contributed by atoms with Gasteiger partial charge >= 0.3 is 0 Å². The van der Waals surface area contributed by atoms with Crippen molar-refractivity contribution in [3.63, 3.8) is 0 Å². The first-order chi connectivity index (χ1) is 11.8. The molecule has 0 atom stereocenters. The van der Waals surface area contributed by atoms with Crippen LogP contribution in [0.2, 0.25) is 0 Å². The molecule has 5 nitrogen and oxygen atoms in total. The average molecular weight is 424 g/mol. The van der Waals surface area contributed by atoms with Gasteiger partial charge in [-0.3, -0.25) is 0 Å². The smallest absolute Gasteiger partial charge is 0.206 e. The third kappa shape index (κ3) is 3.92. The highest BCUT2D eigenvalue weighted by atomic mass is 79.9. The summed E-state index contributed by atoms with van der Waals surface area (Å²) in [5, 5.41) is 13.1. The second kappa shape index (κ2) is 7.41. The third-order valence-corrected chi connectivity index (χ3v) is 6.64. The lowest BCUT2D eigenvalue weighted by molar-refractivity contribution is 0.462. The van der Waals surface area contributed by atoms with Crippen LogP contribution in [-0.2, 0) is 5.75 Å². The summed E-state index contributed by atoms with van der Waals surface area (Å²) >= 11 is 6.82. The summed E-state index contributed by atoms with van der Waals surface area (Å²) < 4.78 is 4.08. The molecule has 1 N–H and O–H groups in total. The van der Waals surface area contributed by atoms with Crippen LogP contribution in [0.4, 0.5) is 5.13 Å². The molecular formula is C16H18BrN5S2. The fraction of sp³-hybridized carbons (Fsp3) is 0.438. The lowest BCUT2D eigenvalue weighted by atomic mass is 9.96. The maximum Gasteiger partial charge on any atom is 0.206 e. The van der Waals surface area contributed by atoms with Gasteiger partial charge in [-0.15, -0.1) is 10.2 Å². The summed E-state index contributed by atoms with van der Waals surface area (Å²) in [5.74, 6) is 0.803. The number of hydrogen-bond donors (Lipinski definition) is 1. The quantitative estimate of drug-likeness (QED) is 0.585. The van der Waals surface area contributed by atoms with Gasteiger partial charge < -0.3 is 9.72 Å². The molecule has 1 saturated carbocycles. The van der Waals surface area contributed by atoms with Crippen molar-refractivity contribution in [1.29, 1.82) is 0 Å². The number of pyridine rings is 1. The summed E-state index contributed by atoms with van der Waals surface area (Å²) in [6.07, 6.45) is 10.6. The number of nitrogens with one attached hydrogen (secondary N) is 1. The Bertz CT molecular complexity index is 825. The standard InChI is InChI=1S/C16H18BrN5S2/c17-11-6-7-14-18-13(9-22(14)8-11)10-23-16-21-20-15(24-16)19-12-4-2-1-3-5-12/h6-9,12H,1-5,10H2,(H,19,20). The molecule has 0 aliphatic heterocycles. The summed E-state index contributed by atoms with van der Waals surface area (Å²) in [4.78, 5) is 4.63. The van der Waals surface area contributed by atoms with E-state index in [4.69, 9.17) is 0 Å². The van der Waals surface area contributed by atoms with Gasteiger partial charge in [0.1, 0.15) is 5.65 Å². The Balaban J connectivity index is 1.36. The van der Waals surface area contributed by atoms with E-state index >= 15 is 0 Å². The molecule has 8 heteroatoms. The molecule has 1 aliphatic carbocycles. The van der Waals surface area contributed by atoms with Crippen molar-refractivity contribution in [1.82, 2.24) is 19.6 Å². The van der Waals surface area contributed by atoms with E-state index in [1.807, 2.05) is 22.7 Å². The second-order valence-electron chi connectivity index (χ2n) is 5.99. The number of halogens is 1. The van der Waals surface area contributed by atoms with Crippen molar-refractivity contribution in [3.05, 3.63) is 34.7 Å². The van der Waals surface area contributed by atoms with E-state index in [1.54, 1.807) is 23.1 Å². The van der Waals surface area contributed by atoms with E-state index in [2.05, 4.69) is 42.6 Å². The van der Waals surface area contributed by atoms with Crippen LogP contribution in [0, 0.1) is 0 Å². The minimum atomic E-state index is 0.571. The zero-order valence-electron chi connectivity index (χ0n) is 13.1. The van der Waals surface area contributed by atoms with Crippen LogP contribution in [0.3, 0.4) is 0 Å². The van der Waals surface area contributed by atoms with Gasteiger partial charge in [-0.2, -0.15) is 0 Å². The molecule has 3 aromatic rings. The summed E-state index contributed by atoms with van der Waals surface area (Å²) in [7, 11) is 0. The third-order valence-electron chi connectivity index (χ3n) is 4.15. The van der Waals surface area contributed by atoms with E-state index in [9.17, 15) is 0 Å². The van der Waals surface area contributed by atoms with Gasteiger partial charge in [-0.1, -0.05) is 42.4 Å². The fourth-order valence-electron chi connectivity index (χ4n) is 2.97. The first-order valence-electron chi connectivity index (χ1n) is 8.12. The van der Waals surface area contributed by atoms with E-state index in [1.165, 1.54) is 32.1 Å².